The highest BCUT2D eigenvalue weighted by atomic mass is 79.9. The van der Waals surface area contributed by atoms with Crippen molar-refractivity contribution < 1.29 is 9.59 Å². The zero-order valence-electron chi connectivity index (χ0n) is 13.3. The number of likely N-dealkylation sites (N-methyl/N-ethyl adjacent to an activating group) is 1. The fraction of sp³-hybridized carbons (Fsp3) is 0.529. The van der Waals surface area contributed by atoms with Crippen molar-refractivity contribution in [2.24, 2.45) is 5.92 Å². The Bertz CT molecular complexity index is 607. The number of benzene rings is 1. The lowest BCUT2D eigenvalue weighted by Crippen LogP contribution is -2.49. The smallest absolute Gasteiger partial charge is 0.239 e. The minimum Gasteiger partial charge on any atom is -0.340 e. The summed E-state index contributed by atoms with van der Waals surface area (Å²) >= 11 is 3.49. The Labute approximate surface area is 145 Å². The Morgan fingerprint density at radius 3 is 2.78 bits per heavy atom. The van der Waals surface area contributed by atoms with E-state index in [0.29, 0.717) is 25.6 Å². The van der Waals surface area contributed by atoms with E-state index in [4.69, 9.17) is 0 Å². The number of carbonyl (C=O) groups excluding carboxylic acids is 2. The Morgan fingerprint density at radius 2 is 2.04 bits per heavy atom. The number of nitrogens with zero attached hydrogens (tertiary/aromatic N) is 2. The fourth-order valence-electron chi connectivity index (χ4n) is 3.45. The van der Waals surface area contributed by atoms with Crippen LogP contribution in [0.2, 0.25) is 0 Å². The van der Waals surface area contributed by atoms with Crippen molar-refractivity contribution in [3.63, 3.8) is 0 Å². The van der Waals surface area contributed by atoms with Gasteiger partial charge in [0, 0.05) is 30.1 Å². The molecule has 1 aromatic rings. The van der Waals surface area contributed by atoms with E-state index < -0.39 is 5.92 Å². The lowest BCUT2D eigenvalue weighted by atomic mass is 10.0. The molecular weight excluding hydrogens is 358 g/mol. The van der Waals surface area contributed by atoms with E-state index in [-0.39, 0.29) is 11.8 Å². The molecule has 23 heavy (non-hydrogen) atoms. The van der Waals surface area contributed by atoms with Gasteiger partial charge in [0.25, 0.3) is 0 Å². The van der Waals surface area contributed by atoms with Crippen LogP contribution in [0.5, 0.6) is 0 Å². The number of hydrogen-bond acceptors (Lipinski definition) is 3. The third kappa shape index (κ3) is 3.28. The topological polar surface area (TPSA) is 52.7 Å². The molecule has 2 saturated heterocycles. The summed E-state index contributed by atoms with van der Waals surface area (Å²) in [7, 11) is 1.92. The molecule has 0 unspecified atom stereocenters. The molecule has 0 saturated carbocycles. The number of piperidine rings is 1. The predicted molar refractivity (Wildman–Crippen MR) is 93.3 cm³/mol. The van der Waals surface area contributed by atoms with Gasteiger partial charge in [0.05, 0.1) is 5.69 Å². The molecule has 0 spiro atoms. The Hall–Kier alpha value is -1.40. The van der Waals surface area contributed by atoms with Crippen LogP contribution >= 0.6 is 15.9 Å². The van der Waals surface area contributed by atoms with Gasteiger partial charge >= 0.3 is 0 Å². The summed E-state index contributed by atoms with van der Waals surface area (Å²) in [5.41, 5.74) is 0.847. The normalized spacial score (nSPS) is 25.0. The quantitative estimate of drug-likeness (QED) is 0.817. The molecule has 0 aliphatic carbocycles. The summed E-state index contributed by atoms with van der Waals surface area (Å²) in [6.45, 7) is 2.06. The molecule has 3 rings (SSSR count). The maximum absolute atomic E-state index is 12.8. The van der Waals surface area contributed by atoms with E-state index in [9.17, 15) is 9.59 Å². The van der Waals surface area contributed by atoms with Crippen molar-refractivity contribution in [3.05, 3.63) is 28.7 Å². The standard InChI is InChI=1S/C17H22BrN3O2/c1-19-12-5-4-9-20(11-12)16(22)13-8-10-21(17(13)23)15-7-3-2-6-14(15)18/h2-3,6-7,12-13,19H,4-5,8-11H2,1H3/t12-,13+/m1/s1. The maximum atomic E-state index is 12.8. The van der Waals surface area contributed by atoms with E-state index in [0.717, 1.165) is 29.5 Å². The highest BCUT2D eigenvalue weighted by Crippen LogP contribution is 2.32. The third-order valence-electron chi connectivity index (χ3n) is 4.79. The average molecular weight is 380 g/mol. The molecule has 2 aliphatic heterocycles. The van der Waals surface area contributed by atoms with Crippen molar-refractivity contribution in [1.29, 1.82) is 0 Å². The number of hydrogen-bond donors (Lipinski definition) is 1. The second-order valence-electron chi connectivity index (χ2n) is 6.19. The molecule has 2 fully saturated rings. The highest BCUT2D eigenvalue weighted by molar-refractivity contribution is 9.10. The number of halogens is 1. The summed E-state index contributed by atoms with van der Waals surface area (Å²) in [4.78, 5) is 29.1. The van der Waals surface area contributed by atoms with Crippen LogP contribution in [0.15, 0.2) is 28.7 Å². The SMILES string of the molecule is CN[C@@H]1CCCN(C(=O)[C@@H]2CCN(c3ccccc3Br)C2=O)C1. The molecule has 2 atom stereocenters. The molecule has 0 radical (unpaired) electrons. The minimum atomic E-state index is -0.530. The van der Waals surface area contributed by atoms with Gasteiger partial charge in [-0.3, -0.25) is 9.59 Å². The largest absolute Gasteiger partial charge is 0.340 e. The molecule has 0 bridgehead atoms. The molecule has 5 nitrogen and oxygen atoms in total. The molecule has 2 amide bonds. The van der Waals surface area contributed by atoms with Gasteiger partial charge in [-0.2, -0.15) is 0 Å². The maximum Gasteiger partial charge on any atom is 0.239 e. The van der Waals surface area contributed by atoms with Crippen LogP contribution in [-0.2, 0) is 9.59 Å². The van der Waals surface area contributed by atoms with E-state index in [1.807, 2.05) is 36.2 Å². The number of para-hydroxylation sites is 1. The lowest BCUT2D eigenvalue weighted by Gasteiger charge is -2.33. The molecule has 1 aromatic carbocycles. The summed E-state index contributed by atoms with van der Waals surface area (Å²) < 4.78 is 0.884. The number of amides is 2. The second kappa shape index (κ2) is 7.01. The Balaban J connectivity index is 1.71. The molecule has 6 heteroatoms. The van der Waals surface area contributed by atoms with Crippen LogP contribution in [0.4, 0.5) is 5.69 Å². The van der Waals surface area contributed by atoms with Crippen LogP contribution in [0.25, 0.3) is 0 Å². The van der Waals surface area contributed by atoms with Gasteiger partial charge in [0.15, 0.2) is 0 Å². The van der Waals surface area contributed by atoms with E-state index in [1.54, 1.807) is 4.90 Å². The van der Waals surface area contributed by atoms with Crippen molar-refractivity contribution in [3.8, 4) is 0 Å². The monoisotopic (exact) mass is 379 g/mol. The number of nitrogens with one attached hydrogen (secondary N) is 1. The molecule has 0 aromatic heterocycles. The molecule has 2 heterocycles. The van der Waals surface area contributed by atoms with Gasteiger partial charge in [-0.05, 0) is 54.4 Å². The van der Waals surface area contributed by atoms with E-state index >= 15 is 0 Å². The highest BCUT2D eigenvalue weighted by Gasteiger charge is 2.40. The van der Waals surface area contributed by atoms with Gasteiger partial charge in [-0.15, -0.1) is 0 Å². The molecule has 1 N–H and O–H groups in total. The Kier molecular flexibility index (Phi) is 5.02. The Morgan fingerprint density at radius 1 is 1.26 bits per heavy atom. The summed E-state index contributed by atoms with van der Waals surface area (Å²) in [6.07, 6.45) is 2.67. The van der Waals surface area contributed by atoms with Crippen molar-refractivity contribution in [2.75, 3.05) is 31.6 Å². The van der Waals surface area contributed by atoms with Crippen molar-refractivity contribution in [2.45, 2.75) is 25.3 Å². The van der Waals surface area contributed by atoms with Crippen LogP contribution in [-0.4, -0.2) is 49.4 Å². The van der Waals surface area contributed by atoms with Gasteiger partial charge in [0.2, 0.25) is 11.8 Å². The van der Waals surface area contributed by atoms with E-state index in [2.05, 4.69) is 21.2 Å². The zero-order chi connectivity index (χ0) is 16.4. The fourth-order valence-corrected chi connectivity index (χ4v) is 3.95. The van der Waals surface area contributed by atoms with Crippen molar-refractivity contribution >= 4 is 33.4 Å². The van der Waals surface area contributed by atoms with Gasteiger partial charge in [-0.1, -0.05) is 12.1 Å². The molecular formula is C17H22BrN3O2. The van der Waals surface area contributed by atoms with Crippen LogP contribution in [0, 0.1) is 5.92 Å². The van der Waals surface area contributed by atoms with Crippen molar-refractivity contribution in [1.82, 2.24) is 10.2 Å². The first-order valence-corrected chi connectivity index (χ1v) is 8.93. The first-order valence-electron chi connectivity index (χ1n) is 8.13. The van der Waals surface area contributed by atoms with Crippen LogP contribution in [0.1, 0.15) is 19.3 Å². The second-order valence-corrected chi connectivity index (χ2v) is 7.05. The van der Waals surface area contributed by atoms with Crippen LogP contribution in [0.3, 0.4) is 0 Å². The summed E-state index contributed by atoms with van der Waals surface area (Å²) in [5.74, 6) is -0.615. The van der Waals surface area contributed by atoms with Gasteiger partial charge in [-0.25, -0.2) is 0 Å². The predicted octanol–water partition coefficient (Wildman–Crippen LogP) is 2.01. The number of likely N-dealkylation sites (tertiary alicyclic amines) is 1. The van der Waals surface area contributed by atoms with E-state index in [1.165, 1.54) is 0 Å². The molecule has 124 valence electrons. The average Bonchev–Trinajstić information content (AvgIpc) is 2.96. The number of anilines is 1. The number of carbonyl (C=O) groups is 2. The lowest BCUT2D eigenvalue weighted by molar-refractivity contribution is -0.140. The van der Waals surface area contributed by atoms with Crippen LogP contribution < -0.4 is 10.2 Å². The first-order chi connectivity index (χ1) is 11.1. The van der Waals surface area contributed by atoms with Gasteiger partial charge < -0.3 is 15.1 Å². The van der Waals surface area contributed by atoms with Gasteiger partial charge in [0.1, 0.15) is 5.92 Å². The minimum absolute atomic E-state index is 0.00972. The number of rotatable bonds is 3. The summed E-state index contributed by atoms with van der Waals surface area (Å²) in [6, 6.07) is 7.99. The molecule has 2 aliphatic rings. The first kappa shape index (κ1) is 16.5. The zero-order valence-corrected chi connectivity index (χ0v) is 14.9. The summed E-state index contributed by atoms with van der Waals surface area (Å²) in [5, 5.41) is 3.24. The third-order valence-corrected chi connectivity index (χ3v) is 5.46.